The Morgan fingerprint density at radius 1 is 1.36 bits per heavy atom. The first-order valence-corrected chi connectivity index (χ1v) is 7.71. The van der Waals surface area contributed by atoms with E-state index >= 15 is 0 Å². The molecule has 0 N–H and O–H groups in total. The molecule has 120 valence electrons. The SMILES string of the molecule is CCOC(=O)[C@H]1CCCN(C(=O)Cc2cccc(OC)c2)C1. The van der Waals surface area contributed by atoms with Crippen molar-refractivity contribution in [3.63, 3.8) is 0 Å². The molecule has 2 rings (SSSR count). The molecule has 5 heteroatoms. The highest BCUT2D eigenvalue weighted by Gasteiger charge is 2.29. The molecule has 0 radical (unpaired) electrons. The van der Waals surface area contributed by atoms with Crippen LogP contribution >= 0.6 is 0 Å². The number of amides is 1. The lowest BCUT2D eigenvalue weighted by molar-refractivity contribution is -0.151. The van der Waals surface area contributed by atoms with E-state index in [1.165, 1.54) is 0 Å². The Kier molecular flexibility index (Phi) is 5.81. The zero-order valence-corrected chi connectivity index (χ0v) is 13.2. The second-order valence-electron chi connectivity index (χ2n) is 5.46. The molecule has 1 aromatic carbocycles. The largest absolute Gasteiger partial charge is 0.497 e. The number of benzene rings is 1. The molecule has 1 atom stereocenters. The van der Waals surface area contributed by atoms with E-state index < -0.39 is 0 Å². The average Bonchev–Trinajstić information content (AvgIpc) is 2.55. The number of ether oxygens (including phenoxy) is 2. The van der Waals surface area contributed by atoms with Gasteiger partial charge in [-0.2, -0.15) is 0 Å². The van der Waals surface area contributed by atoms with Gasteiger partial charge in [0.25, 0.3) is 0 Å². The minimum Gasteiger partial charge on any atom is -0.497 e. The summed E-state index contributed by atoms with van der Waals surface area (Å²) in [6.07, 6.45) is 1.96. The number of hydrogen-bond donors (Lipinski definition) is 0. The van der Waals surface area contributed by atoms with E-state index in [4.69, 9.17) is 9.47 Å². The van der Waals surface area contributed by atoms with Gasteiger partial charge in [-0.1, -0.05) is 12.1 Å². The first-order chi connectivity index (χ1) is 10.6. The van der Waals surface area contributed by atoms with Crippen molar-refractivity contribution in [2.45, 2.75) is 26.2 Å². The van der Waals surface area contributed by atoms with Crippen LogP contribution in [0.4, 0.5) is 0 Å². The number of rotatable bonds is 5. The molecule has 1 aliphatic heterocycles. The fourth-order valence-corrected chi connectivity index (χ4v) is 2.73. The van der Waals surface area contributed by atoms with Crippen LogP contribution in [0.15, 0.2) is 24.3 Å². The highest BCUT2D eigenvalue weighted by atomic mass is 16.5. The number of nitrogens with zero attached hydrogens (tertiary/aromatic N) is 1. The summed E-state index contributed by atoms with van der Waals surface area (Å²) < 4.78 is 10.2. The monoisotopic (exact) mass is 305 g/mol. The lowest BCUT2D eigenvalue weighted by atomic mass is 9.97. The van der Waals surface area contributed by atoms with Crippen molar-refractivity contribution in [2.75, 3.05) is 26.8 Å². The Morgan fingerprint density at radius 3 is 2.91 bits per heavy atom. The van der Waals surface area contributed by atoms with Crippen LogP contribution in [0.3, 0.4) is 0 Å². The number of carbonyl (C=O) groups is 2. The van der Waals surface area contributed by atoms with Crippen LogP contribution in [0.2, 0.25) is 0 Å². The van der Waals surface area contributed by atoms with Gasteiger partial charge in [-0.15, -0.1) is 0 Å². The van der Waals surface area contributed by atoms with Gasteiger partial charge in [-0.3, -0.25) is 9.59 Å². The lowest BCUT2D eigenvalue weighted by Gasteiger charge is -2.31. The summed E-state index contributed by atoms with van der Waals surface area (Å²) in [7, 11) is 1.61. The van der Waals surface area contributed by atoms with Crippen LogP contribution in [-0.4, -0.2) is 43.6 Å². The molecule has 1 heterocycles. The van der Waals surface area contributed by atoms with Gasteiger partial charge in [0.15, 0.2) is 0 Å². The van der Waals surface area contributed by atoms with Crippen LogP contribution in [0.25, 0.3) is 0 Å². The molecule has 22 heavy (non-hydrogen) atoms. The number of hydrogen-bond acceptors (Lipinski definition) is 4. The molecule has 1 amide bonds. The van der Waals surface area contributed by atoms with Gasteiger partial charge in [0.2, 0.25) is 5.91 Å². The first kappa shape index (κ1) is 16.3. The topological polar surface area (TPSA) is 55.8 Å². The maximum Gasteiger partial charge on any atom is 0.310 e. The van der Waals surface area contributed by atoms with Gasteiger partial charge in [0.05, 0.1) is 26.1 Å². The maximum atomic E-state index is 12.4. The first-order valence-electron chi connectivity index (χ1n) is 7.71. The standard InChI is InChI=1S/C17H23NO4/c1-3-22-17(20)14-7-5-9-18(12-14)16(19)11-13-6-4-8-15(10-13)21-2/h4,6,8,10,14H,3,5,7,9,11-12H2,1-2H3/t14-/m0/s1. The molecule has 5 nitrogen and oxygen atoms in total. The van der Waals surface area contributed by atoms with Gasteiger partial charge in [-0.05, 0) is 37.5 Å². The van der Waals surface area contributed by atoms with Crippen molar-refractivity contribution in [3.8, 4) is 5.75 Å². The third kappa shape index (κ3) is 4.23. The van der Waals surface area contributed by atoms with E-state index in [0.717, 1.165) is 24.2 Å². The molecule has 0 unspecified atom stereocenters. The van der Waals surface area contributed by atoms with Crippen molar-refractivity contribution in [1.82, 2.24) is 4.90 Å². The van der Waals surface area contributed by atoms with E-state index in [0.29, 0.717) is 26.1 Å². The van der Waals surface area contributed by atoms with E-state index in [-0.39, 0.29) is 17.8 Å². The van der Waals surface area contributed by atoms with Gasteiger partial charge in [0.1, 0.15) is 5.75 Å². The predicted octanol–water partition coefficient (Wildman–Crippen LogP) is 2.04. The number of esters is 1. The minimum absolute atomic E-state index is 0.0438. The van der Waals surface area contributed by atoms with Crippen molar-refractivity contribution >= 4 is 11.9 Å². The quantitative estimate of drug-likeness (QED) is 0.781. The summed E-state index contributed by atoms with van der Waals surface area (Å²) in [5.41, 5.74) is 0.919. The van der Waals surface area contributed by atoms with Crippen LogP contribution in [0.5, 0.6) is 5.75 Å². The molecule has 0 bridgehead atoms. The molecule has 0 saturated carbocycles. The maximum absolute atomic E-state index is 12.4. The van der Waals surface area contributed by atoms with E-state index in [1.54, 1.807) is 18.9 Å². The number of methoxy groups -OCH3 is 1. The Labute approximate surface area is 131 Å². The van der Waals surface area contributed by atoms with Crippen LogP contribution in [-0.2, 0) is 20.7 Å². The number of carbonyl (C=O) groups excluding carboxylic acids is 2. The van der Waals surface area contributed by atoms with Gasteiger partial charge in [-0.25, -0.2) is 0 Å². The molecule has 1 aliphatic rings. The van der Waals surface area contributed by atoms with Gasteiger partial charge >= 0.3 is 5.97 Å². The minimum atomic E-state index is -0.193. The fourth-order valence-electron chi connectivity index (χ4n) is 2.73. The zero-order chi connectivity index (χ0) is 15.9. The predicted molar refractivity (Wildman–Crippen MR) is 82.6 cm³/mol. The van der Waals surface area contributed by atoms with Crippen molar-refractivity contribution in [3.05, 3.63) is 29.8 Å². The highest BCUT2D eigenvalue weighted by Crippen LogP contribution is 2.20. The normalized spacial score (nSPS) is 17.9. The van der Waals surface area contributed by atoms with Crippen molar-refractivity contribution in [2.24, 2.45) is 5.92 Å². The summed E-state index contributed by atoms with van der Waals surface area (Å²) in [6, 6.07) is 7.50. The average molecular weight is 305 g/mol. The van der Waals surface area contributed by atoms with E-state index in [2.05, 4.69) is 0 Å². The molecule has 1 aromatic rings. The summed E-state index contributed by atoms with van der Waals surface area (Å²) in [6.45, 7) is 3.35. The number of piperidine rings is 1. The Hall–Kier alpha value is -2.04. The highest BCUT2D eigenvalue weighted by molar-refractivity contribution is 5.80. The zero-order valence-electron chi connectivity index (χ0n) is 13.2. The summed E-state index contributed by atoms with van der Waals surface area (Å²) >= 11 is 0. The molecular formula is C17H23NO4. The van der Waals surface area contributed by atoms with Crippen LogP contribution < -0.4 is 4.74 Å². The Balaban J connectivity index is 1.95. The fraction of sp³-hybridized carbons (Fsp3) is 0.529. The summed E-state index contributed by atoms with van der Waals surface area (Å²) in [5, 5.41) is 0. The molecular weight excluding hydrogens is 282 g/mol. The lowest BCUT2D eigenvalue weighted by Crippen LogP contribution is -2.43. The third-order valence-corrected chi connectivity index (χ3v) is 3.88. The second kappa shape index (κ2) is 7.82. The molecule has 0 aliphatic carbocycles. The Bertz CT molecular complexity index is 529. The van der Waals surface area contributed by atoms with Crippen LogP contribution in [0.1, 0.15) is 25.3 Å². The van der Waals surface area contributed by atoms with E-state index in [1.807, 2.05) is 24.3 Å². The van der Waals surface area contributed by atoms with Gasteiger partial charge < -0.3 is 14.4 Å². The summed E-state index contributed by atoms with van der Waals surface area (Å²) in [4.78, 5) is 26.0. The molecule has 0 aromatic heterocycles. The molecule has 1 fully saturated rings. The second-order valence-corrected chi connectivity index (χ2v) is 5.46. The number of likely N-dealkylation sites (tertiary alicyclic amines) is 1. The molecule has 0 spiro atoms. The molecule has 1 saturated heterocycles. The smallest absolute Gasteiger partial charge is 0.310 e. The van der Waals surface area contributed by atoms with E-state index in [9.17, 15) is 9.59 Å². The third-order valence-electron chi connectivity index (χ3n) is 3.88. The van der Waals surface area contributed by atoms with Crippen molar-refractivity contribution < 1.29 is 19.1 Å². The summed E-state index contributed by atoms with van der Waals surface area (Å²) in [5.74, 6) is 0.403. The van der Waals surface area contributed by atoms with Crippen molar-refractivity contribution in [1.29, 1.82) is 0 Å². The van der Waals surface area contributed by atoms with Gasteiger partial charge in [0, 0.05) is 13.1 Å². The van der Waals surface area contributed by atoms with Crippen LogP contribution in [0, 0.1) is 5.92 Å². The Morgan fingerprint density at radius 2 is 2.18 bits per heavy atom.